The normalized spacial score (nSPS) is 21.0. The van der Waals surface area contributed by atoms with Gasteiger partial charge in [0.25, 0.3) is 0 Å². The van der Waals surface area contributed by atoms with Crippen LogP contribution in [-0.2, 0) is 11.2 Å². The highest BCUT2D eigenvalue weighted by Crippen LogP contribution is 2.44. The maximum absolute atomic E-state index is 13.5. The van der Waals surface area contributed by atoms with Crippen LogP contribution in [0, 0.1) is 11.8 Å². The zero-order chi connectivity index (χ0) is 27.0. The predicted molar refractivity (Wildman–Crippen MR) is 158 cm³/mol. The van der Waals surface area contributed by atoms with Crippen molar-refractivity contribution >= 4 is 5.91 Å². The molecule has 202 valence electrons. The summed E-state index contributed by atoms with van der Waals surface area (Å²) in [5, 5.41) is 0. The number of fused-ring (bicyclic) bond motifs is 1. The number of hydrogen-bond donors (Lipinski definition) is 0. The Hall–Kier alpha value is -3.55. The standard InChI is InChI=1S/C35H40N2O2/c1-3-4-12-32-35(30-19-15-28(16-20-30)14-13-27-10-6-5-7-11-27)33-26-36(23-8-9-24-37(32)33)34(38)25-29-17-21-31(39-2)22-18-29/h5-7,10-11,15-22,32-33,35H,3-4,8-9,12,23-26H2,1-2H3/t32-,33+,35+/m1/s1. The lowest BCUT2D eigenvalue weighted by atomic mass is 9.72. The van der Waals surface area contributed by atoms with Crippen molar-refractivity contribution in [2.45, 2.75) is 63.5 Å². The number of carbonyl (C=O) groups excluding carboxylic acids is 1. The highest BCUT2D eigenvalue weighted by atomic mass is 16.5. The molecule has 2 aliphatic rings. The third-order valence-corrected chi connectivity index (χ3v) is 8.32. The molecule has 39 heavy (non-hydrogen) atoms. The summed E-state index contributed by atoms with van der Waals surface area (Å²) in [5.41, 5.74) is 4.49. The van der Waals surface area contributed by atoms with Gasteiger partial charge in [0.1, 0.15) is 5.75 Å². The smallest absolute Gasteiger partial charge is 0.227 e. The molecule has 0 spiro atoms. The molecule has 0 N–H and O–H groups in total. The number of amides is 1. The topological polar surface area (TPSA) is 32.8 Å². The van der Waals surface area contributed by atoms with Gasteiger partial charge < -0.3 is 9.64 Å². The van der Waals surface area contributed by atoms with Crippen LogP contribution in [0.1, 0.15) is 67.2 Å². The van der Waals surface area contributed by atoms with E-state index in [1.165, 1.54) is 24.8 Å². The van der Waals surface area contributed by atoms with Gasteiger partial charge in [0.15, 0.2) is 0 Å². The molecule has 2 fully saturated rings. The summed E-state index contributed by atoms with van der Waals surface area (Å²) in [6, 6.07) is 27.8. The number of benzene rings is 3. The molecule has 3 atom stereocenters. The minimum Gasteiger partial charge on any atom is -0.497 e. The molecule has 0 saturated carbocycles. The van der Waals surface area contributed by atoms with E-state index in [2.05, 4.69) is 52.8 Å². The highest BCUT2D eigenvalue weighted by Gasteiger charge is 2.49. The zero-order valence-electron chi connectivity index (χ0n) is 23.3. The predicted octanol–water partition coefficient (Wildman–Crippen LogP) is 6.29. The van der Waals surface area contributed by atoms with E-state index < -0.39 is 0 Å². The molecule has 0 aliphatic carbocycles. The zero-order valence-corrected chi connectivity index (χ0v) is 23.3. The molecule has 4 nitrogen and oxygen atoms in total. The van der Waals surface area contributed by atoms with Crippen LogP contribution in [0.2, 0.25) is 0 Å². The van der Waals surface area contributed by atoms with Crippen molar-refractivity contribution in [3.8, 4) is 17.6 Å². The molecule has 4 heteroatoms. The van der Waals surface area contributed by atoms with E-state index in [0.29, 0.717) is 24.4 Å². The van der Waals surface area contributed by atoms with Crippen LogP contribution in [0.4, 0.5) is 0 Å². The first-order chi connectivity index (χ1) is 19.2. The Morgan fingerprint density at radius 3 is 2.28 bits per heavy atom. The van der Waals surface area contributed by atoms with Crippen LogP contribution in [0.5, 0.6) is 5.75 Å². The minimum atomic E-state index is 0.226. The largest absolute Gasteiger partial charge is 0.497 e. The second-order valence-corrected chi connectivity index (χ2v) is 10.9. The molecule has 2 heterocycles. The fourth-order valence-electron chi connectivity index (χ4n) is 6.19. The van der Waals surface area contributed by atoms with E-state index in [1.54, 1.807) is 7.11 Å². The van der Waals surface area contributed by atoms with Crippen molar-refractivity contribution in [2.75, 3.05) is 26.7 Å². The Kier molecular flexibility index (Phi) is 9.01. The summed E-state index contributed by atoms with van der Waals surface area (Å²) in [6.07, 6.45) is 6.32. The van der Waals surface area contributed by atoms with Gasteiger partial charge in [-0.1, -0.05) is 74.1 Å². The molecule has 0 aromatic heterocycles. The van der Waals surface area contributed by atoms with Gasteiger partial charge in [-0.3, -0.25) is 9.69 Å². The van der Waals surface area contributed by atoms with Crippen molar-refractivity contribution in [2.24, 2.45) is 0 Å². The number of rotatable bonds is 7. The van der Waals surface area contributed by atoms with Gasteiger partial charge in [-0.05, 0) is 73.3 Å². The Morgan fingerprint density at radius 1 is 0.897 bits per heavy atom. The Bertz CT molecular complexity index is 1270. The first-order valence-corrected chi connectivity index (χ1v) is 14.5. The second kappa shape index (κ2) is 13.0. The first kappa shape index (κ1) is 27.0. The summed E-state index contributed by atoms with van der Waals surface area (Å²) >= 11 is 0. The Labute approximate surface area is 234 Å². The molecule has 2 saturated heterocycles. The van der Waals surface area contributed by atoms with Gasteiger partial charge in [-0.2, -0.15) is 0 Å². The van der Waals surface area contributed by atoms with Gasteiger partial charge in [0.05, 0.1) is 13.5 Å². The quantitative estimate of drug-likeness (QED) is 0.344. The maximum atomic E-state index is 13.5. The molecule has 2 aliphatic heterocycles. The lowest BCUT2D eigenvalue weighted by Gasteiger charge is -2.58. The summed E-state index contributed by atoms with van der Waals surface area (Å²) in [5.74, 6) is 8.08. The van der Waals surface area contributed by atoms with Crippen LogP contribution < -0.4 is 4.74 Å². The molecule has 3 aromatic rings. The van der Waals surface area contributed by atoms with E-state index in [9.17, 15) is 4.79 Å². The lowest BCUT2D eigenvalue weighted by Crippen LogP contribution is -2.66. The summed E-state index contributed by atoms with van der Waals surface area (Å²) < 4.78 is 5.28. The summed E-state index contributed by atoms with van der Waals surface area (Å²) in [6.45, 7) is 5.06. The van der Waals surface area contributed by atoms with Gasteiger partial charge >= 0.3 is 0 Å². The van der Waals surface area contributed by atoms with E-state index >= 15 is 0 Å². The first-order valence-electron chi connectivity index (χ1n) is 14.5. The maximum Gasteiger partial charge on any atom is 0.227 e. The average molecular weight is 521 g/mol. The Morgan fingerprint density at radius 2 is 1.59 bits per heavy atom. The van der Waals surface area contributed by atoms with Crippen molar-refractivity contribution in [1.82, 2.24) is 9.80 Å². The lowest BCUT2D eigenvalue weighted by molar-refractivity contribution is -0.135. The van der Waals surface area contributed by atoms with Crippen molar-refractivity contribution < 1.29 is 9.53 Å². The molecular weight excluding hydrogens is 480 g/mol. The number of carbonyl (C=O) groups is 1. The van der Waals surface area contributed by atoms with Crippen LogP contribution in [0.15, 0.2) is 78.9 Å². The van der Waals surface area contributed by atoms with Crippen LogP contribution in [0.3, 0.4) is 0 Å². The molecular formula is C35H40N2O2. The number of nitrogens with zero attached hydrogens (tertiary/aromatic N) is 2. The van der Waals surface area contributed by atoms with E-state index in [4.69, 9.17) is 4.74 Å². The third-order valence-electron chi connectivity index (χ3n) is 8.32. The van der Waals surface area contributed by atoms with Gasteiger partial charge in [-0.25, -0.2) is 0 Å². The fourth-order valence-corrected chi connectivity index (χ4v) is 6.19. The van der Waals surface area contributed by atoms with Gasteiger partial charge in [0.2, 0.25) is 5.91 Å². The number of ether oxygens (including phenoxy) is 1. The Balaban J connectivity index is 1.32. The van der Waals surface area contributed by atoms with E-state index in [-0.39, 0.29) is 5.91 Å². The van der Waals surface area contributed by atoms with E-state index in [0.717, 1.165) is 54.9 Å². The van der Waals surface area contributed by atoms with Crippen molar-refractivity contribution in [3.63, 3.8) is 0 Å². The van der Waals surface area contributed by atoms with Crippen molar-refractivity contribution in [1.29, 1.82) is 0 Å². The number of methoxy groups -OCH3 is 1. The molecule has 0 radical (unpaired) electrons. The summed E-state index contributed by atoms with van der Waals surface area (Å²) in [7, 11) is 1.67. The number of hydrogen-bond acceptors (Lipinski definition) is 3. The highest BCUT2D eigenvalue weighted by molar-refractivity contribution is 5.79. The molecule has 3 aromatic carbocycles. The third kappa shape index (κ3) is 6.54. The van der Waals surface area contributed by atoms with Gasteiger partial charge in [0, 0.05) is 42.2 Å². The number of unbranched alkanes of at least 4 members (excludes halogenated alkanes) is 1. The van der Waals surface area contributed by atoms with Crippen LogP contribution in [0.25, 0.3) is 0 Å². The monoisotopic (exact) mass is 520 g/mol. The fraction of sp³-hybridized carbons (Fsp3) is 0.400. The molecule has 0 unspecified atom stereocenters. The van der Waals surface area contributed by atoms with Crippen LogP contribution in [-0.4, -0.2) is 54.5 Å². The second-order valence-electron chi connectivity index (χ2n) is 10.9. The van der Waals surface area contributed by atoms with E-state index in [1.807, 2.05) is 54.6 Å². The molecule has 1 amide bonds. The van der Waals surface area contributed by atoms with Gasteiger partial charge in [-0.15, -0.1) is 0 Å². The average Bonchev–Trinajstić information content (AvgIpc) is 2.96. The molecule has 5 rings (SSSR count). The van der Waals surface area contributed by atoms with Crippen molar-refractivity contribution in [3.05, 3.63) is 101 Å². The molecule has 0 bridgehead atoms. The minimum absolute atomic E-state index is 0.226. The summed E-state index contributed by atoms with van der Waals surface area (Å²) in [4.78, 5) is 18.3. The SMILES string of the molecule is CCCC[C@@H]1[C@H](c2ccc(C#Cc3ccccc3)cc2)[C@@H]2CN(C(=O)Cc3ccc(OC)cc3)CCCCN12. The van der Waals surface area contributed by atoms with Crippen LogP contribution >= 0.6 is 0 Å².